The third-order valence-electron chi connectivity index (χ3n) is 4.05. The summed E-state index contributed by atoms with van der Waals surface area (Å²) in [5.41, 5.74) is 2.31. The van der Waals surface area contributed by atoms with Crippen molar-refractivity contribution in [2.75, 3.05) is 20.3 Å². The predicted octanol–water partition coefficient (Wildman–Crippen LogP) is 2.28. The van der Waals surface area contributed by atoms with E-state index in [2.05, 4.69) is 10.3 Å². The van der Waals surface area contributed by atoms with Gasteiger partial charge in [0.25, 0.3) is 5.91 Å². The fourth-order valence-electron chi connectivity index (χ4n) is 2.64. The molecule has 0 spiro atoms. The van der Waals surface area contributed by atoms with E-state index in [1.165, 1.54) is 14.0 Å². The van der Waals surface area contributed by atoms with Gasteiger partial charge in [-0.05, 0) is 37.3 Å². The molecule has 0 fully saturated rings. The summed E-state index contributed by atoms with van der Waals surface area (Å²) in [6.07, 6.45) is 4.51. The van der Waals surface area contributed by atoms with Crippen molar-refractivity contribution >= 4 is 17.3 Å². The van der Waals surface area contributed by atoms with Crippen LogP contribution in [0.5, 0.6) is 11.5 Å². The molecular formula is C20H21N3O4. The largest absolute Gasteiger partial charge is 0.493 e. The van der Waals surface area contributed by atoms with Gasteiger partial charge in [-0.2, -0.15) is 0 Å². The highest BCUT2D eigenvalue weighted by Gasteiger charge is 2.10. The molecule has 0 aliphatic heterocycles. The number of imidazole rings is 1. The van der Waals surface area contributed by atoms with E-state index < -0.39 is 0 Å². The normalized spacial score (nSPS) is 10.6. The molecule has 140 valence electrons. The molecule has 0 aliphatic carbocycles. The third kappa shape index (κ3) is 4.63. The number of methoxy groups -OCH3 is 1. The maximum absolute atomic E-state index is 12.0. The van der Waals surface area contributed by atoms with Crippen molar-refractivity contribution in [2.45, 2.75) is 13.3 Å². The minimum Gasteiger partial charge on any atom is -0.493 e. The van der Waals surface area contributed by atoms with Gasteiger partial charge in [-0.1, -0.05) is 6.07 Å². The Bertz CT molecular complexity index is 932. The van der Waals surface area contributed by atoms with E-state index in [1.807, 2.05) is 35.0 Å². The number of ether oxygens (including phenoxy) is 2. The van der Waals surface area contributed by atoms with Crippen LogP contribution in [-0.4, -0.2) is 41.3 Å². The molecule has 0 atom stereocenters. The molecule has 0 radical (unpaired) electrons. The number of carbonyl (C=O) groups is 2. The molecule has 3 aromatic rings. The van der Waals surface area contributed by atoms with Crippen molar-refractivity contribution in [3.05, 3.63) is 60.0 Å². The van der Waals surface area contributed by atoms with Gasteiger partial charge in [0.1, 0.15) is 5.65 Å². The molecule has 1 amide bonds. The van der Waals surface area contributed by atoms with Gasteiger partial charge in [0, 0.05) is 30.9 Å². The van der Waals surface area contributed by atoms with Crippen molar-refractivity contribution in [3.8, 4) is 11.5 Å². The lowest BCUT2D eigenvalue weighted by molar-refractivity contribution is -0.123. The molecule has 0 saturated heterocycles. The monoisotopic (exact) mass is 367 g/mol. The second kappa shape index (κ2) is 8.35. The van der Waals surface area contributed by atoms with E-state index in [9.17, 15) is 9.59 Å². The number of ketones is 1. The van der Waals surface area contributed by atoms with Crippen LogP contribution in [0.3, 0.4) is 0 Å². The van der Waals surface area contributed by atoms with E-state index in [0.717, 1.165) is 11.3 Å². The number of amides is 1. The number of nitrogens with one attached hydrogen (secondary N) is 1. The van der Waals surface area contributed by atoms with Crippen LogP contribution in [0.1, 0.15) is 23.0 Å². The fourth-order valence-corrected chi connectivity index (χ4v) is 2.64. The standard InChI is InChI=1S/C20H21N3O4/c1-14(24)15-6-7-17(18(11-15)26-2)27-13-20(25)21-9-8-16-12-23-10-4-3-5-19(23)22-16/h3-7,10-12H,8-9,13H2,1-2H3,(H,21,25). The molecule has 1 aromatic carbocycles. The number of rotatable bonds is 8. The first-order chi connectivity index (χ1) is 13.1. The van der Waals surface area contributed by atoms with Crippen LogP contribution in [0, 0.1) is 0 Å². The van der Waals surface area contributed by atoms with E-state index >= 15 is 0 Å². The molecule has 0 unspecified atom stereocenters. The summed E-state index contributed by atoms with van der Waals surface area (Å²) in [4.78, 5) is 27.9. The van der Waals surface area contributed by atoms with E-state index in [0.29, 0.717) is 30.0 Å². The van der Waals surface area contributed by atoms with Gasteiger partial charge in [0.2, 0.25) is 0 Å². The van der Waals surface area contributed by atoms with Gasteiger partial charge >= 0.3 is 0 Å². The Morgan fingerprint density at radius 2 is 2.04 bits per heavy atom. The highest BCUT2D eigenvalue weighted by molar-refractivity contribution is 5.94. The lowest BCUT2D eigenvalue weighted by Crippen LogP contribution is -2.30. The molecule has 2 heterocycles. The second-order valence-corrected chi connectivity index (χ2v) is 6.01. The third-order valence-corrected chi connectivity index (χ3v) is 4.05. The molecule has 3 rings (SSSR count). The van der Waals surface area contributed by atoms with Crippen LogP contribution < -0.4 is 14.8 Å². The van der Waals surface area contributed by atoms with E-state index in [-0.39, 0.29) is 18.3 Å². The Labute approximate surface area is 156 Å². The molecular weight excluding hydrogens is 346 g/mol. The number of Topliss-reactive ketones (excluding diaryl/α,β-unsaturated/α-hetero) is 1. The molecule has 27 heavy (non-hydrogen) atoms. The van der Waals surface area contributed by atoms with Gasteiger partial charge in [-0.3, -0.25) is 9.59 Å². The topological polar surface area (TPSA) is 81.9 Å². The average Bonchev–Trinajstić information content (AvgIpc) is 3.08. The molecule has 0 saturated carbocycles. The number of nitrogens with zero attached hydrogens (tertiary/aromatic N) is 2. The van der Waals surface area contributed by atoms with Crippen molar-refractivity contribution < 1.29 is 19.1 Å². The summed E-state index contributed by atoms with van der Waals surface area (Å²) in [6.45, 7) is 1.80. The highest BCUT2D eigenvalue weighted by Crippen LogP contribution is 2.28. The number of fused-ring (bicyclic) bond motifs is 1. The van der Waals surface area contributed by atoms with Crippen LogP contribution in [0.2, 0.25) is 0 Å². The predicted molar refractivity (Wildman–Crippen MR) is 100 cm³/mol. The van der Waals surface area contributed by atoms with Gasteiger partial charge in [-0.15, -0.1) is 0 Å². The van der Waals surface area contributed by atoms with Crippen LogP contribution in [0.15, 0.2) is 48.8 Å². The maximum Gasteiger partial charge on any atom is 0.257 e. The zero-order valence-electron chi connectivity index (χ0n) is 15.3. The number of hydrogen-bond acceptors (Lipinski definition) is 5. The van der Waals surface area contributed by atoms with Gasteiger partial charge < -0.3 is 19.2 Å². The van der Waals surface area contributed by atoms with E-state index in [1.54, 1.807) is 18.2 Å². The van der Waals surface area contributed by atoms with Gasteiger partial charge in [0.05, 0.1) is 12.8 Å². The minimum atomic E-state index is -0.239. The lowest BCUT2D eigenvalue weighted by atomic mass is 10.1. The van der Waals surface area contributed by atoms with Crippen molar-refractivity contribution in [1.82, 2.24) is 14.7 Å². The lowest BCUT2D eigenvalue weighted by Gasteiger charge is -2.11. The van der Waals surface area contributed by atoms with Crippen LogP contribution in [0.25, 0.3) is 5.65 Å². The Balaban J connectivity index is 1.49. The Morgan fingerprint density at radius 1 is 1.19 bits per heavy atom. The van der Waals surface area contributed by atoms with Crippen molar-refractivity contribution in [3.63, 3.8) is 0 Å². The summed E-state index contributed by atoms with van der Waals surface area (Å²) in [5, 5.41) is 2.80. The van der Waals surface area contributed by atoms with Gasteiger partial charge in [0.15, 0.2) is 23.9 Å². The van der Waals surface area contributed by atoms with Crippen molar-refractivity contribution in [1.29, 1.82) is 0 Å². The zero-order valence-corrected chi connectivity index (χ0v) is 15.3. The molecule has 1 N–H and O–H groups in total. The Morgan fingerprint density at radius 3 is 2.78 bits per heavy atom. The second-order valence-electron chi connectivity index (χ2n) is 6.01. The Kier molecular flexibility index (Phi) is 5.71. The zero-order chi connectivity index (χ0) is 19.2. The molecule has 7 heteroatoms. The quantitative estimate of drug-likeness (QED) is 0.618. The smallest absolute Gasteiger partial charge is 0.257 e. The number of hydrogen-bond donors (Lipinski definition) is 1. The van der Waals surface area contributed by atoms with Crippen LogP contribution in [-0.2, 0) is 11.2 Å². The number of carbonyl (C=O) groups excluding carboxylic acids is 2. The summed E-state index contributed by atoms with van der Waals surface area (Å²) in [6, 6.07) is 10.7. The molecule has 2 aromatic heterocycles. The van der Waals surface area contributed by atoms with Gasteiger partial charge in [-0.25, -0.2) is 4.98 Å². The highest BCUT2D eigenvalue weighted by atomic mass is 16.5. The maximum atomic E-state index is 12.0. The fraction of sp³-hybridized carbons (Fsp3) is 0.250. The molecule has 7 nitrogen and oxygen atoms in total. The SMILES string of the molecule is COc1cc(C(C)=O)ccc1OCC(=O)NCCc1cn2ccccc2n1. The average molecular weight is 367 g/mol. The summed E-state index contributed by atoms with van der Waals surface area (Å²) >= 11 is 0. The minimum absolute atomic E-state index is 0.0652. The first kappa shape index (κ1) is 18.4. The van der Waals surface area contributed by atoms with Crippen LogP contribution >= 0.6 is 0 Å². The first-order valence-corrected chi connectivity index (χ1v) is 8.58. The van der Waals surface area contributed by atoms with Crippen LogP contribution in [0.4, 0.5) is 0 Å². The number of aromatic nitrogens is 2. The summed E-state index contributed by atoms with van der Waals surface area (Å²) in [7, 11) is 1.49. The molecule has 0 bridgehead atoms. The summed E-state index contributed by atoms with van der Waals surface area (Å²) < 4.78 is 12.7. The number of pyridine rings is 1. The van der Waals surface area contributed by atoms with Crippen molar-refractivity contribution in [2.24, 2.45) is 0 Å². The van der Waals surface area contributed by atoms with E-state index in [4.69, 9.17) is 9.47 Å². The Hall–Kier alpha value is -3.35. The molecule has 0 aliphatic rings. The number of benzene rings is 1. The summed E-state index contributed by atoms with van der Waals surface area (Å²) in [5.74, 6) is 0.527. The first-order valence-electron chi connectivity index (χ1n) is 8.58.